The molecular weight excluding hydrogens is 631 g/mol. The van der Waals surface area contributed by atoms with E-state index < -0.39 is 0 Å². The molecule has 2 aliphatic rings. The van der Waals surface area contributed by atoms with Gasteiger partial charge in [-0.25, -0.2) is 9.97 Å². The second-order valence-electron chi connectivity index (χ2n) is 14.4. The molecular formula is C49H39N3. The quantitative estimate of drug-likeness (QED) is 0.183. The SMILES string of the molecule is C/C=C\C1=C(C)C2(c3ccccc31)c1ccccc1C(C)(C)c1cc(-c3ccccc3-c3cc(-c4ccccn4)nc(-c4ccccc4)n3)ccc12. The fourth-order valence-corrected chi connectivity index (χ4v) is 8.83. The zero-order valence-electron chi connectivity index (χ0n) is 29.9. The van der Waals surface area contributed by atoms with Crippen molar-refractivity contribution in [2.75, 3.05) is 0 Å². The van der Waals surface area contributed by atoms with Gasteiger partial charge in [0.15, 0.2) is 5.82 Å². The van der Waals surface area contributed by atoms with E-state index in [-0.39, 0.29) is 10.8 Å². The molecule has 0 saturated heterocycles. The Balaban J connectivity index is 1.28. The Morgan fingerprint density at radius 1 is 0.500 bits per heavy atom. The van der Waals surface area contributed by atoms with Crippen molar-refractivity contribution >= 4 is 5.57 Å². The summed E-state index contributed by atoms with van der Waals surface area (Å²) in [6, 6.07) is 52.1. The molecule has 2 aliphatic carbocycles. The zero-order chi connectivity index (χ0) is 35.5. The number of benzene rings is 5. The molecule has 9 rings (SSSR count). The molecule has 5 aromatic carbocycles. The minimum absolute atomic E-state index is 0.234. The van der Waals surface area contributed by atoms with Crippen LogP contribution >= 0.6 is 0 Å². The van der Waals surface area contributed by atoms with Gasteiger partial charge in [0.25, 0.3) is 0 Å². The van der Waals surface area contributed by atoms with Gasteiger partial charge in [-0.3, -0.25) is 4.98 Å². The molecule has 0 aliphatic heterocycles. The van der Waals surface area contributed by atoms with Gasteiger partial charge in [0.05, 0.1) is 22.5 Å². The first kappa shape index (κ1) is 31.8. The Kier molecular flexibility index (Phi) is 7.48. The third-order valence-electron chi connectivity index (χ3n) is 11.2. The molecule has 3 heteroatoms. The highest BCUT2D eigenvalue weighted by Gasteiger charge is 2.52. The second kappa shape index (κ2) is 12.2. The van der Waals surface area contributed by atoms with Crippen LogP contribution in [0.15, 0.2) is 170 Å². The lowest BCUT2D eigenvalue weighted by Crippen LogP contribution is -2.41. The molecule has 250 valence electrons. The molecule has 1 unspecified atom stereocenters. The summed E-state index contributed by atoms with van der Waals surface area (Å²) in [6.45, 7) is 9.23. The van der Waals surface area contributed by atoms with Crippen LogP contribution in [-0.2, 0) is 10.8 Å². The molecule has 52 heavy (non-hydrogen) atoms. The van der Waals surface area contributed by atoms with E-state index >= 15 is 0 Å². The molecule has 0 N–H and O–H groups in total. The fraction of sp³-hybridized carbons (Fsp3) is 0.122. The van der Waals surface area contributed by atoms with Gasteiger partial charge in [-0.1, -0.05) is 147 Å². The number of pyridine rings is 1. The third kappa shape index (κ3) is 4.69. The van der Waals surface area contributed by atoms with Crippen molar-refractivity contribution in [3.63, 3.8) is 0 Å². The number of allylic oxidation sites excluding steroid dienone is 4. The highest BCUT2D eigenvalue weighted by molar-refractivity contribution is 5.92. The minimum atomic E-state index is -0.389. The van der Waals surface area contributed by atoms with E-state index in [4.69, 9.17) is 9.97 Å². The van der Waals surface area contributed by atoms with Crippen molar-refractivity contribution in [3.8, 4) is 45.2 Å². The number of aromatic nitrogens is 3. The second-order valence-corrected chi connectivity index (χ2v) is 14.4. The van der Waals surface area contributed by atoms with Crippen LogP contribution in [0, 0.1) is 0 Å². The van der Waals surface area contributed by atoms with Gasteiger partial charge < -0.3 is 0 Å². The molecule has 0 radical (unpaired) electrons. The summed E-state index contributed by atoms with van der Waals surface area (Å²) in [5.74, 6) is 0.678. The van der Waals surface area contributed by atoms with Crippen molar-refractivity contribution in [2.24, 2.45) is 0 Å². The largest absolute Gasteiger partial charge is 0.255 e. The molecule has 0 saturated carbocycles. The number of fused-ring (bicyclic) bond motifs is 6. The van der Waals surface area contributed by atoms with E-state index in [9.17, 15) is 0 Å². The minimum Gasteiger partial charge on any atom is -0.255 e. The van der Waals surface area contributed by atoms with Crippen molar-refractivity contribution in [3.05, 3.63) is 203 Å². The standard InChI is InChI=1S/C49H39N3/c1-5-17-35-32(2)49(39-23-12-11-21-37(35)39)41-25-14-13-24-40(41)48(3,4)43-30-34(27-28-42(43)49)36-20-9-10-22-38(36)45-31-46(44-26-15-16-29-50-44)52-47(51-45)33-18-7-6-8-19-33/h5-31H,1-4H3/b17-5-. The summed E-state index contributed by atoms with van der Waals surface area (Å²) in [5, 5.41) is 0. The van der Waals surface area contributed by atoms with Gasteiger partial charge in [0, 0.05) is 22.7 Å². The molecule has 0 fully saturated rings. The van der Waals surface area contributed by atoms with Crippen LogP contribution in [0.5, 0.6) is 0 Å². The summed E-state index contributed by atoms with van der Waals surface area (Å²) >= 11 is 0. The fourth-order valence-electron chi connectivity index (χ4n) is 8.83. The van der Waals surface area contributed by atoms with E-state index in [1.54, 1.807) is 0 Å². The lowest BCUT2D eigenvalue weighted by Gasteiger charge is -2.47. The van der Waals surface area contributed by atoms with E-state index in [1.807, 2.05) is 42.6 Å². The lowest BCUT2D eigenvalue weighted by atomic mass is 9.55. The lowest BCUT2D eigenvalue weighted by molar-refractivity contribution is 0.558. The molecule has 2 aromatic heterocycles. The van der Waals surface area contributed by atoms with Gasteiger partial charge in [-0.05, 0) is 93.8 Å². The van der Waals surface area contributed by atoms with Gasteiger partial charge in [-0.15, -0.1) is 0 Å². The van der Waals surface area contributed by atoms with Crippen LogP contribution in [0.1, 0.15) is 61.1 Å². The molecule has 2 heterocycles. The first-order valence-electron chi connectivity index (χ1n) is 18.1. The molecule has 1 spiro atoms. The van der Waals surface area contributed by atoms with E-state index in [0.29, 0.717) is 5.82 Å². The normalized spacial score (nSPS) is 16.9. The Hall–Kier alpha value is -6.19. The molecule has 0 amide bonds. The van der Waals surface area contributed by atoms with Gasteiger partial charge in [0.2, 0.25) is 0 Å². The summed E-state index contributed by atoms with van der Waals surface area (Å²) in [6.07, 6.45) is 6.28. The first-order valence-corrected chi connectivity index (χ1v) is 18.1. The average molecular weight is 670 g/mol. The predicted octanol–water partition coefficient (Wildman–Crippen LogP) is 11.9. The molecule has 3 nitrogen and oxygen atoms in total. The summed E-state index contributed by atoms with van der Waals surface area (Å²) in [7, 11) is 0. The van der Waals surface area contributed by atoms with Crippen molar-refractivity contribution in [1.82, 2.24) is 15.0 Å². The van der Waals surface area contributed by atoms with Crippen molar-refractivity contribution < 1.29 is 0 Å². The molecule has 0 bridgehead atoms. The predicted molar refractivity (Wildman–Crippen MR) is 214 cm³/mol. The van der Waals surface area contributed by atoms with Gasteiger partial charge in [0.1, 0.15) is 0 Å². The smallest absolute Gasteiger partial charge is 0.160 e. The number of hydrogen-bond acceptors (Lipinski definition) is 3. The summed E-state index contributed by atoms with van der Waals surface area (Å²) in [4.78, 5) is 14.9. The average Bonchev–Trinajstić information content (AvgIpc) is 3.45. The monoisotopic (exact) mass is 669 g/mol. The summed E-state index contributed by atoms with van der Waals surface area (Å²) in [5.41, 5.74) is 17.0. The Labute approximate surface area is 306 Å². The molecule has 1 atom stereocenters. The Bertz CT molecular complexity index is 2500. The Morgan fingerprint density at radius 3 is 1.88 bits per heavy atom. The maximum Gasteiger partial charge on any atom is 0.160 e. The van der Waals surface area contributed by atoms with Crippen molar-refractivity contribution in [1.29, 1.82) is 0 Å². The number of rotatable bonds is 5. The van der Waals surface area contributed by atoms with Crippen LogP contribution < -0.4 is 0 Å². The first-order chi connectivity index (χ1) is 25.4. The van der Waals surface area contributed by atoms with Gasteiger partial charge >= 0.3 is 0 Å². The Morgan fingerprint density at radius 2 is 1.13 bits per heavy atom. The molecule has 7 aromatic rings. The van der Waals surface area contributed by atoms with E-state index in [2.05, 4.69) is 154 Å². The number of hydrogen-bond donors (Lipinski definition) is 0. The van der Waals surface area contributed by atoms with Crippen LogP contribution in [0.4, 0.5) is 0 Å². The topological polar surface area (TPSA) is 38.7 Å². The maximum atomic E-state index is 5.20. The maximum absolute atomic E-state index is 5.20. The van der Waals surface area contributed by atoms with Gasteiger partial charge in [-0.2, -0.15) is 0 Å². The van der Waals surface area contributed by atoms with Crippen molar-refractivity contribution in [2.45, 2.75) is 38.5 Å². The highest BCUT2D eigenvalue weighted by atomic mass is 14.9. The number of nitrogens with zero attached hydrogens (tertiary/aromatic N) is 3. The van der Waals surface area contributed by atoms with E-state index in [1.165, 1.54) is 44.5 Å². The van der Waals surface area contributed by atoms with Crippen LogP contribution in [0.2, 0.25) is 0 Å². The zero-order valence-corrected chi connectivity index (χ0v) is 29.9. The van der Waals surface area contributed by atoms with Crippen LogP contribution in [0.3, 0.4) is 0 Å². The highest BCUT2D eigenvalue weighted by Crippen LogP contribution is 2.61. The van der Waals surface area contributed by atoms with Crippen LogP contribution in [-0.4, -0.2) is 15.0 Å². The third-order valence-corrected chi connectivity index (χ3v) is 11.2. The van der Waals surface area contributed by atoms with Crippen LogP contribution in [0.25, 0.3) is 50.7 Å². The van der Waals surface area contributed by atoms with E-state index in [0.717, 1.165) is 39.3 Å². The summed E-state index contributed by atoms with van der Waals surface area (Å²) < 4.78 is 0.